The van der Waals surface area contributed by atoms with Crippen molar-refractivity contribution in [1.82, 2.24) is 9.57 Å². The van der Waals surface area contributed by atoms with E-state index in [0.717, 1.165) is 0 Å². The van der Waals surface area contributed by atoms with Gasteiger partial charge in [0.05, 0.1) is 5.75 Å². The number of nitrogens with zero attached hydrogens (tertiary/aromatic N) is 2. The van der Waals surface area contributed by atoms with Gasteiger partial charge < -0.3 is 9.42 Å². The van der Waals surface area contributed by atoms with E-state index in [0.29, 0.717) is 26.2 Å². The molecule has 0 aromatic carbocycles. The second-order valence-corrected chi connectivity index (χ2v) is 6.33. The van der Waals surface area contributed by atoms with Crippen LogP contribution in [0.15, 0.2) is 0 Å². The molecule has 1 atom stereocenters. The van der Waals surface area contributed by atoms with Gasteiger partial charge in [-0.05, 0) is 0 Å². The van der Waals surface area contributed by atoms with E-state index in [1.54, 1.807) is 16.2 Å². The van der Waals surface area contributed by atoms with Crippen molar-refractivity contribution in [2.45, 2.75) is 0 Å². The molecule has 0 aliphatic carbocycles. The summed E-state index contributed by atoms with van der Waals surface area (Å²) in [5, 5.41) is 0. The molecule has 15 heavy (non-hydrogen) atoms. The third-order valence-electron chi connectivity index (χ3n) is 2.60. The van der Waals surface area contributed by atoms with Crippen molar-refractivity contribution in [2.75, 3.05) is 45.7 Å². The molecule has 0 saturated carbocycles. The quantitative estimate of drug-likeness (QED) is 0.588. The number of hydrogen-bond acceptors (Lipinski definition) is 4. The zero-order chi connectivity index (χ0) is 11.5. The van der Waals surface area contributed by atoms with Crippen LogP contribution < -0.4 is 0 Å². The third kappa shape index (κ3) is 3.21. The second kappa shape index (κ2) is 5.34. The van der Waals surface area contributed by atoms with Crippen LogP contribution in [-0.4, -0.2) is 61.2 Å². The molecule has 0 N–H and O–H groups in total. The molecular weight excluding hydrogens is 235 g/mol. The van der Waals surface area contributed by atoms with Crippen molar-refractivity contribution < 1.29 is 13.9 Å². The molecule has 1 rings (SSSR count). The van der Waals surface area contributed by atoms with Gasteiger partial charge in [-0.1, -0.05) is 0 Å². The van der Waals surface area contributed by atoms with Crippen molar-refractivity contribution in [3.05, 3.63) is 0 Å². The van der Waals surface area contributed by atoms with Crippen LogP contribution in [0.2, 0.25) is 0 Å². The first kappa shape index (κ1) is 13.0. The Hall–Kier alpha value is -0.0300. The maximum Gasteiger partial charge on any atom is 0.269 e. The fraction of sp³-hybridized carbons (Fsp3) is 0.875. The van der Waals surface area contributed by atoms with E-state index in [2.05, 4.69) is 12.6 Å². The first-order valence-corrected chi connectivity index (χ1v) is 7.44. The summed E-state index contributed by atoms with van der Waals surface area (Å²) in [6, 6.07) is 0. The Balaban J connectivity index is 2.49. The smallest absolute Gasteiger partial charge is 0.269 e. The highest BCUT2D eigenvalue weighted by Crippen LogP contribution is 2.46. The molecule has 88 valence electrons. The van der Waals surface area contributed by atoms with Crippen LogP contribution in [0, 0.1) is 0 Å². The zero-order valence-electron chi connectivity index (χ0n) is 9.05. The number of thiol groups is 1. The number of carbonyl (C=O) groups is 1. The topological polar surface area (TPSA) is 49.9 Å². The standard InChI is InChI=1S/C8H17N2O3PS/c1-13-14(2,12)10-5-3-9(4-6-10)8(11)7-15/h15H,3-7H2,1-2H3. The van der Waals surface area contributed by atoms with Gasteiger partial charge in [-0.25, -0.2) is 4.67 Å². The predicted octanol–water partition coefficient (Wildman–Crippen LogP) is 0.530. The van der Waals surface area contributed by atoms with Gasteiger partial charge in [0.1, 0.15) is 0 Å². The summed E-state index contributed by atoms with van der Waals surface area (Å²) in [5.74, 6) is 0.259. The summed E-state index contributed by atoms with van der Waals surface area (Å²) in [6.45, 7) is 3.99. The van der Waals surface area contributed by atoms with E-state index >= 15 is 0 Å². The van der Waals surface area contributed by atoms with Crippen molar-refractivity contribution in [3.8, 4) is 0 Å². The molecule has 1 amide bonds. The summed E-state index contributed by atoms with van der Waals surface area (Å²) in [5.41, 5.74) is 0. The minimum Gasteiger partial charge on any atom is -0.339 e. The van der Waals surface area contributed by atoms with Gasteiger partial charge in [-0.3, -0.25) is 9.36 Å². The molecule has 0 aromatic heterocycles. The Morgan fingerprint density at radius 2 is 1.93 bits per heavy atom. The molecule has 5 nitrogen and oxygen atoms in total. The molecular formula is C8H17N2O3PS. The molecule has 7 heteroatoms. The highest BCUT2D eigenvalue weighted by atomic mass is 32.1. The summed E-state index contributed by atoms with van der Waals surface area (Å²) in [7, 11) is -1.19. The molecule has 1 aliphatic rings. The summed E-state index contributed by atoms with van der Waals surface area (Å²) in [6.07, 6.45) is 0. The first-order chi connectivity index (χ1) is 7.01. The van der Waals surface area contributed by atoms with Gasteiger partial charge in [0.15, 0.2) is 0 Å². The zero-order valence-corrected chi connectivity index (χ0v) is 10.8. The molecule has 1 aliphatic heterocycles. The highest BCUT2D eigenvalue weighted by molar-refractivity contribution is 7.81. The Kier molecular flexibility index (Phi) is 4.64. The van der Waals surface area contributed by atoms with Crippen LogP contribution in [0.25, 0.3) is 0 Å². The van der Waals surface area contributed by atoms with E-state index in [9.17, 15) is 9.36 Å². The Morgan fingerprint density at radius 1 is 1.40 bits per heavy atom. The Bertz CT molecular complexity index is 279. The largest absolute Gasteiger partial charge is 0.339 e. The third-order valence-corrected chi connectivity index (χ3v) is 4.97. The van der Waals surface area contributed by atoms with Crippen molar-refractivity contribution in [1.29, 1.82) is 0 Å². The number of hydrogen-bond donors (Lipinski definition) is 1. The average Bonchev–Trinajstić information content (AvgIpc) is 2.28. The van der Waals surface area contributed by atoms with Gasteiger partial charge in [-0.2, -0.15) is 12.6 Å². The van der Waals surface area contributed by atoms with Crippen LogP contribution in [0.3, 0.4) is 0 Å². The van der Waals surface area contributed by atoms with Crippen LogP contribution in [0.4, 0.5) is 0 Å². The molecule has 1 unspecified atom stereocenters. The molecule has 0 spiro atoms. The van der Waals surface area contributed by atoms with Crippen LogP contribution in [0.1, 0.15) is 0 Å². The van der Waals surface area contributed by atoms with Gasteiger partial charge in [-0.15, -0.1) is 0 Å². The minimum absolute atomic E-state index is 0.0290. The maximum absolute atomic E-state index is 11.9. The Labute approximate surface area is 95.7 Å². The molecule has 0 bridgehead atoms. The highest BCUT2D eigenvalue weighted by Gasteiger charge is 2.29. The molecule has 0 aromatic rings. The van der Waals surface area contributed by atoms with Gasteiger partial charge in [0, 0.05) is 40.0 Å². The van der Waals surface area contributed by atoms with E-state index in [-0.39, 0.29) is 11.7 Å². The van der Waals surface area contributed by atoms with E-state index < -0.39 is 7.52 Å². The minimum atomic E-state index is -2.64. The lowest BCUT2D eigenvalue weighted by Gasteiger charge is -2.36. The van der Waals surface area contributed by atoms with E-state index in [1.807, 2.05) is 0 Å². The lowest BCUT2D eigenvalue weighted by atomic mass is 10.3. The van der Waals surface area contributed by atoms with E-state index in [1.165, 1.54) is 7.11 Å². The molecule has 0 radical (unpaired) electrons. The first-order valence-electron chi connectivity index (χ1n) is 4.78. The van der Waals surface area contributed by atoms with E-state index in [4.69, 9.17) is 4.52 Å². The maximum atomic E-state index is 11.9. The normalized spacial score (nSPS) is 22.5. The Morgan fingerprint density at radius 3 is 2.33 bits per heavy atom. The van der Waals surface area contributed by atoms with Crippen LogP contribution in [0.5, 0.6) is 0 Å². The lowest BCUT2D eigenvalue weighted by Crippen LogP contribution is -2.47. The summed E-state index contributed by atoms with van der Waals surface area (Å²) >= 11 is 3.94. The number of rotatable bonds is 3. The predicted molar refractivity (Wildman–Crippen MR) is 62.5 cm³/mol. The van der Waals surface area contributed by atoms with Gasteiger partial charge in [0.25, 0.3) is 7.52 Å². The lowest BCUT2D eigenvalue weighted by molar-refractivity contribution is -0.129. The van der Waals surface area contributed by atoms with Gasteiger partial charge >= 0.3 is 0 Å². The number of amides is 1. The van der Waals surface area contributed by atoms with Crippen LogP contribution in [-0.2, 0) is 13.9 Å². The second-order valence-electron chi connectivity index (χ2n) is 3.48. The SMILES string of the molecule is COP(C)(=O)N1CCN(C(=O)CS)CC1. The molecule has 1 saturated heterocycles. The average molecular weight is 252 g/mol. The van der Waals surface area contributed by atoms with Gasteiger partial charge in [0.2, 0.25) is 5.91 Å². The fourth-order valence-corrected chi connectivity index (χ4v) is 2.86. The number of piperazine rings is 1. The van der Waals surface area contributed by atoms with Crippen LogP contribution >= 0.6 is 20.1 Å². The summed E-state index contributed by atoms with van der Waals surface area (Å²) < 4.78 is 18.6. The monoisotopic (exact) mass is 252 g/mol. The summed E-state index contributed by atoms with van der Waals surface area (Å²) in [4.78, 5) is 13.1. The number of carbonyl (C=O) groups excluding carboxylic acids is 1. The van der Waals surface area contributed by atoms with Crippen molar-refractivity contribution in [2.24, 2.45) is 0 Å². The molecule has 1 heterocycles. The molecule has 1 fully saturated rings. The van der Waals surface area contributed by atoms with Crippen molar-refractivity contribution in [3.63, 3.8) is 0 Å². The van der Waals surface area contributed by atoms with Crippen molar-refractivity contribution >= 4 is 26.1 Å². The fourth-order valence-electron chi connectivity index (χ4n) is 1.52.